The smallest absolute Gasteiger partial charge is 0.316 e. The molecule has 0 radical (unpaired) electrons. The number of aromatic nitrogens is 2. The lowest BCUT2D eigenvalue weighted by Gasteiger charge is -2.09. The Morgan fingerprint density at radius 3 is 2.25 bits per heavy atom. The molecule has 0 unspecified atom stereocenters. The summed E-state index contributed by atoms with van der Waals surface area (Å²) in [5.41, 5.74) is 1.17. The number of hydrogen-bond acceptors (Lipinski definition) is 6. The van der Waals surface area contributed by atoms with Crippen LogP contribution in [0.1, 0.15) is 19.4 Å². The Morgan fingerprint density at radius 2 is 1.75 bits per heavy atom. The first-order chi connectivity index (χ1) is 11.3. The number of anilines is 1. The second kappa shape index (κ2) is 7.39. The summed E-state index contributed by atoms with van der Waals surface area (Å²) in [6.45, 7) is 3.27. The maximum Gasteiger partial charge on any atom is 0.316 e. The fraction of sp³-hybridized carbons (Fsp3) is 0.312. The van der Waals surface area contributed by atoms with Crippen molar-refractivity contribution in [3.05, 3.63) is 42.2 Å². The number of sulfone groups is 1. The van der Waals surface area contributed by atoms with E-state index in [1.54, 1.807) is 26.0 Å². The summed E-state index contributed by atoms with van der Waals surface area (Å²) >= 11 is 0. The van der Waals surface area contributed by atoms with Gasteiger partial charge in [-0.1, -0.05) is 12.1 Å². The Labute approximate surface area is 141 Å². The number of nitrogens with one attached hydrogen (secondary N) is 1. The number of carbonyl (C=O) groups excluding carboxylic acids is 1. The molecule has 0 aliphatic carbocycles. The van der Waals surface area contributed by atoms with E-state index in [0.29, 0.717) is 11.3 Å². The van der Waals surface area contributed by atoms with Gasteiger partial charge < -0.3 is 10.1 Å². The minimum Gasteiger partial charge on any atom is -0.467 e. The summed E-state index contributed by atoms with van der Waals surface area (Å²) < 4.78 is 29.0. The van der Waals surface area contributed by atoms with E-state index in [1.165, 1.54) is 31.6 Å². The first-order valence-corrected chi connectivity index (χ1v) is 8.86. The van der Waals surface area contributed by atoms with Crippen molar-refractivity contribution in [3.8, 4) is 6.01 Å². The van der Waals surface area contributed by atoms with Crippen LogP contribution in [0.2, 0.25) is 0 Å². The van der Waals surface area contributed by atoms with E-state index >= 15 is 0 Å². The summed E-state index contributed by atoms with van der Waals surface area (Å²) in [6.07, 6.45) is 3.01. The van der Waals surface area contributed by atoms with Crippen LogP contribution in [-0.4, -0.2) is 36.7 Å². The van der Waals surface area contributed by atoms with E-state index in [0.717, 1.165) is 0 Å². The summed E-state index contributed by atoms with van der Waals surface area (Å²) in [5.74, 6) is -0.247. The van der Waals surface area contributed by atoms with Gasteiger partial charge in [-0.2, -0.15) is 0 Å². The highest BCUT2D eigenvalue weighted by molar-refractivity contribution is 7.92. The van der Waals surface area contributed by atoms with Gasteiger partial charge in [0.25, 0.3) is 0 Å². The summed E-state index contributed by atoms with van der Waals surface area (Å²) in [6, 6.07) is 6.54. The zero-order valence-corrected chi connectivity index (χ0v) is 14.5. The zero-order chi connectivity index (χ0) is 17.7. The molecule has 1 heterocycles. The van der Waals surface area contributed by atoms with Crippen molar-refractivity contribution in [2.45, 2.75) is 30.4 Å². The second-order valence-electron chi connectivity index (χ2n) is 5.42. The van der Waals surface area contributed by atoms with Gasteiger partial charge in [-0.05, 0) is 31.5 Å². The maximum absolute atomic E-state index is 12.1. The monoisotopic (exact) mass is 349 g/mol. The molecule has 7 nitrogen and oxygen atoms in total. The van der Waals surface area contributed by atoms with Crippen molar-refractivity contribution in [1.82, 2.24) is 9.97 Å². The highest BCUT2D eigenvalue weighted by Crippen LogP contribution is 2.17. The zero-order valence-electron chi connectivity index (χ0n) is 13.7. The lowest BCUT2D eigenvalue weighted by atomic mass is 10.1. The van der Waals surface area contributed by atoms with Crippen LogP contribution >= 0.6 is 0 Å². The van der Waals surface area contributed by atoms with Gasteiger partial charge in [-0.15, -0.1) is 0 Å². The molecule has 1 aromatic heterocycles. The third kappa shape index (κ3) is 4.29. The number of ether oxygens (including phenoxy) is 1. The van der Waals surface area contributed by atoms with E-state index in [2.05, 4.69) is 15.3 Å². The molecule has 0 atom stereocenters. The molecule has 8 heteroatoms. The first-order valence-electron chi connectivity index (χ1n) is 7.31. The van der Waals surface area contributed by atoms with Crippen molar-refractivity contribution >= 4 is 21.4 Å². The van der Waals surface area contributed by atoms with Crippen molar-refractivity contribution in [2.24, 2.45) is 0 Å². The van der Waals surface area contributed by atoms with Crippen molar-refractivity contribution in [1.29, 1.82) is 0 Å². The van der Waals surface area contributed by atoms with Gasteiger partial charge in [0.1, 0.15) is 0 Å². The van der Waals surface area contributed by atoms with Gasteiger partial charge in [0.2, 0.25) is 5.91 Å². The van der Waals surface area contributed by atoms with E-state index in [9.17, 15) is 13.2 Å². The third-order valence-electron chi connectivity index (χ3n) is 3.33. The van der Waals surface area contributed by atoms with Gasteiger partial charge in [0.15, 0.2) is 9.84 Å². The summed E-state index contributed by atoms with van der Waals surface area (Å²) in [5, 5.41) is 2.18. The van der Waals surface area contributed by atoms with Crippen LogP contribution in [0, 0.1) is 0 Å². The molecule has 0 spiro atoms. The van der Waals surface area contributed by atoms with Crippen LogP contribution in [0.3, 0.4) is 0 Å². The fourth-order valence-corrected chi connectivity index (χ4v) is 3.01. The van der Waals surface area contributed by atoms with Crippen molar-refractivity contribution in [2.75, 3.05) is 12.4 Å². The van der Waals surface area contributed by atoms with E-state index < -0.39 is 15.1 Å². The number of hydrogen-bond donors (Lipinski definition) is 1. The molecule has 1 amide bonds. The van der Waals surface area contributed by atoms with Crippen LogP contribution in [0.5, 0.6) is 6.01 Å². The van der Waals surface area contributed by atoms with Gasteiger partial charge >= 0.3 is 6.01 Å². The molecule has 24 heavy (non-hydrogen) atoms. The minimum absolute atomic E-state index is 0.119. The number of rotatable bonds is 6. The Bertz CT molecular complexity index is 800. The van der Waals surface area contributed by atoms with Crippen molar-refractivity contribution in [3.63, 3.8) is 0 Å². The van der Waals surface area contributed by atoms with Crippen molar-refractivity contribution < 1.29 is 17.9 Å². The minimum atomic E-state index is -3.31. The van der Waals surface area contributed by atoms with Gasteiger partial charge in [0, 0.05) is 0 Å². The summed E-state index contributed by atoms with van der Waals surface area (Å²) in [4.78, 5) is 20.1. The highest BCUT2D eigenvalue weighted by Gasteiger charge is 2.18. The molecule has 0 fully saturated rings. The van der Waals surface area contributed by atoms with Crippen LogP contribution in [0.25, 0.3) is 0 Å². The molecule has 1 aromatic carbocycles. The van der Waals surface area contributed by atoms with Gasteiger partial charge in [-0.3, -0.25) is 4.79 Å². The largest absolute Gasteiger partial charge is 0.467 e. The molecular formula is C16H19N3O4S. The SMILES string of the molecule is COc1ncc(NC(=O)Cc2ccc(S(=O)(=O)C(C)C)cc2)cn1. The molecule has 128 valence electrons. The third-order valence-corrected chi connectivity index (χ3v) is 5.50. The Hall–Kier alpha value is -2.48. The Morgan fingerprint density at radius 1 is 1.17 bits per heavy atom. The quantitative estimate of drug-likeness (QED) is 0.854. The standard InChI is InChI=1S/C16H19N3O4S/c1-11(2)24(21,22)14-6-4-12(5-7-14)8-15(20)19-13-9-17-16(23-3)18-10-13/h4-7,9-11H,8H2,1-3H3,(H,19,20). The molecule has 2 aromatic rings. The molecule has 0 aliphatic rings. The molecule has 0 bridgehead atoms. The van der Waals surface area contributed by atoms with Crippen LogP contribution in [0.4, 0.5) is 5.69 Å². The number of amides is 1. The number of nitrogens with zero attached hydrogens (tertiary/aromatic N) is 2. The van der Waals surface area contributed by atoms with Gasteiger partial charge in [0.05, 0.1) is 41.8 Å². The van der Waals surface area contributed by atoms with Crippen LogP contribution < -0.4 is 10.1 Å². The van der Waals surface area contributed by atoms with Crippen LogP contribution in [-0.2, 0) is 21.1 Å². The van der Waals surface area contributed by atoms with E-state index in [1.807, 2.05) is 0 Å². The van der Waals surface area contributed by atoms with E-state index in [4.69, 9.17) is 4.74 Å². The van der Waals surface area contributed by atoms with Crippen LogP contribution in [0.15, 0.2) is 41.6 Å². The number of benzene rings is 1. The molecule has 1 N–H and O–H groups in total. The Kier molecular flexibility index (Phi) is 5.50. The average molecular weight is 349 g/mol. The molecule has 0 saturated heterocycles. The van der Waals surface area contributed by atoms with Gasteiger partial charge in [-0.25, -0.2) is 18.4 Å². The van der Waals surface area contributed by atoms with E-state index in [-0.39, 0.29) is 23.2 Å². The predicted molar refractivity (Wildman–Crippen MR) is 89.7 cm³/mol. The highest BCUT2D eigenvalue weighted by atomic mass is 32.2. The first kappa shape index (κ1) is 17.9. The Balaban J connectivity index is 2.01. The second-order valence-corrected chi connectivity index (χ2v) is 7.93. The molecule has 0 aliphatic heterocycles. The summed E-state index contributed by atoms with van der Waals surface area (Å²) in [7, 11) is -1.85. The average Bonchev–Trinajstić information content (AvgIpc) is 2.56. The fourth-order valence-electron chi connectivity index (χ4n) is 1.95. The maximum atomic E-state index is 12.1. The molecule has 0 saturated carbocycles. The lowest BCUT2D eigenvalue weighted by molar-refractivity contribution is -0.115. The number of carbonyl (C=O) groups is 1. The topological polar surface area (TPSA) is 98.2 Å². The lowest BCUT2D eigenvalue weighted by Crippen LogP contribution is -2.16. The normalized spacial score (nSPS) is 11.3. The predicted octanol–water partition coefficient (Wildman–Crippen LogP) is 1.85. The number of methoxy groups -OCH3 is 1. The molecule has 2 rings (SSSR count). The molecular weight excluding hydrogens is 330 g/mol.